The van der Waals surface area contributed by atoms with Crippen molar-refractivity contribution in [3.05, 3.63) is 92.1 Å². The second-order valence-corrected chi connectivity index (χ2v) is 16.7. The summed E-state index contributed by atoms with van der Waals surface area (Å²) in [7, 11) is 1.64. The zero-order valence-corrected chi connectivity index (χ0v) is 37.7. The lowest BCUT2D eigenvalue weighted by Gasteiger charge is -2.31. The van der Waals surface area contributed by atoms with Crippen LogP contribution in [-0.2, 0) is 30.9 Å². The van der Waals surface area contributed by atoms with Crippen molar-refractivity contribution < 1.29 is 32.6 Å². The zero-order chi connectivity index (χ0) is 43.5. The van der Waals surface area contributed by atoms with Crippen molar-refractivity contribution in [3.8, 4) is 23.8 Å². The van der Waals surface area contributed by atoms with Crippen molar-refractivity contribution in [2.45, 2.75) is 89.9 Å². The molecule has 0 N–H and O–H groups in total. The number of rotatable bonds is 11. The van der Waals surface area contributed by atoms with Gasteiger partial charge in [0.2, 0.25) is 11.8 Å². The van der Waals surface area contributed by atoms with E-state index < -0.39 is 21.7 Å². The number of terminal acetylenes is 1. The highest BCUT2D eigenvalue weighted by atomic mass is 35.5. The number of benzene rings is 2. The molecule has 1 saturated heterocycles. The average molecular weight is 903 g/mol. The number of para-hydroxylation sites is 1. The van der Waals surface area contributed by atoms with Gasteiger partial charge in [-0.15, -0.1) is 23.1 Å². The molecule has 1 fully saturated rings. The van der Waals surface area contributed by atoms with E-state index in [0.29, 0.717) is 36.2 Å². The van der Waals surface area contributed by atoms with Crippen LogP contribution in [0.1, 0.15) is 77.3 Å². The molecule has 0 radical (unpaired) electrons. The molecule has 0 bridgehead atoms. The minimum absolute atomic E-state index is 0.0223. The number of halogens is 5. The van der Waals surface area contributed by atoms with Crippen molar-refractivity contribution in [1.82, 2.24) is 14.7 Å². The third-order valence-corrected chi connectivity index (χ3v) is 9.85. The van der Waals surface area contributed by atoms with Gasteiger partial charge in [0, 0.05) is 18.6 Å². The molecule has 58 heavy (non-hydrogen) atoms. The first kappa shape index (κ1) is 48.7. The van der Waals surface area contributed by atoms with Crippen molar-refractivity contribution in [2.24, 2.45) is 0 Å². The van der Waals surface area contributed by atoms with Crippen LogP contribution in [-0.4, -0.2) is 75.8 Å². The van der Waals surface area contributed by atoms with Crippen LogP contribution in [0.25, 0.3) is 5.69 Å². The van der Waals surface area contributed by atoms with Gasteiger partial charge in [0.1, 0.15) is 35.8 Å². The Morgan fingerprint density at radius 1 is 1.14 bits per heavy atom. The van der Waals surface area contributed by atoms with E-state index in [1.54, 1.807) is 38.2 Å². The standard InChI is InChI=1S/C15H14Cl2N2O3.C15H22ClNO2.C11H13Cl2NO3/c1-5-6-21-12-8-11(9(16)7-10(12)17)19-14(20)22-13(18-19)15(2,3)4;1-5-13-8-6-7-11(2)15(13)17(14(18)9-16)12(3)10-19-4;1-11(2)14(10(15)9(12)13)6-8(17-11)7-4-3-5-16-7/h1,7-8H,6H2,2-4H3;6-8,12H,5,9-10H2,1-4H3;3-5,8-9H,6H2,1-2H3. The topological polar surface area (TPSA) is 129 Å². The van der Waals surface area contributed by atoms with Crippen molar-refractivity contribution in [3.63, 3.8) is 0 Å². The number of anilines is 1. The van der Waals surface area contributed by atoms with Crippen LogP contribution in [0, 0.1) is 19.3 Å². The molecule has 0 saturated carbocycles. The van der Waals surface area contributed by atoms with E-state index in [-0.39, 0.29) is 46.5 Å². The van der Waals surface area contributed by atoms with Gasteiger partial charge in [-0.25, -0.2) is 4.79 Å². The maximum Gasteiger partial charge on any atom is 0.442 e. The minimum atomic E-state index is -1.08. The molecule has 3 heterocycles. The number of ether oxygens (including phenoxy) is 3. The Hall–Kier alpha value is -3.67. The summed E-state index contributed by atoms with van der Waals surface area (Å²) in [4.78, 5) is 38.2. The molecule has 0 spiro atoms. The molecular formula is C41H49Cl5N4O8. The van der Waals surface area contributed by atoms with Crippen LogP contribution in [0.5, 0.6) is 5.75 Å². The molecule has 2 atom stereocenters. The van der Waals surface area contributed by atoms with Gasteiger partial charge in [0.25, 0.3) is 5.91 Å². The van der Waals surface area contributed by atoms with Gasteiger partial charge in [-0.05, 0) is 63.4 Å². The Labute approximate surface area is 364 Å². The summed E-state index contributed by atoms with van der Waals surface area (Å²) in [5.74, 6) is 2.53. The molecule has 1 aliphatic rings. The number of carbonyl (C=O) groups excluding carboxylic acids is 2. The number of methoxy groups -OCH3 is 1. The first-order valence-electron chi connectivity index (χ1n) is 18.1. The van der Waals surface area contributed by atoms with E-state index in [9.17, 15) is 14.4 Å². The number of alkyl halides is 3. The van der Waals surface area contributed by atoms with Crippen molar-refractivity contribution in [2.75, 3.05) is 37.6 Å². The Bertz CT molecular complexity index is 2090. The largest absolute Gasteiger partial charge is 0.479 e. The molecule has 2 aromatic carbocycles. The third kappa shape index (κ3) is 12.4. The summed E-state index contributed by atoms with van der Waals surface area (Å²) in [6.45, 7) is 16.2. The predicted octanol–water partition coefficient (Wildman–Crippen LogP) is 9.33. The highest BCUT2D eigenvalue weighted by molar-refractivity contribution is 6.53. The number of aryl methyl sites for hydroxylation is 2. The summed E-state index contributed by atoms with van der Waals surface area (Å²) in [6, 6.07) is 12.6. The minimum Gasteiger partial charge on any atom is -0.479 e. The highest BCUT2D eigenvalue weighted by Gasteiger charge is 2.45. The Kier molecular flexibility index (Phi) is 18.1. The average Bonchev–Trinajstić information content (AvgIpc) is 3.91. The number of hydrogen-bond acceptors (Lipinski definition) is 9. The van der Waals surface area contributed by atoms with Gasteiger partial charge in [-0.2, -0.15) is 4.68 Å². The summed E-state index contributed by atoms with van der Waals surface area (Å²) in [6.07, 6.45) is 7.32. The number of aromatic nitrogens is 2. The summed E-state index contributed by atoms with van der Waals surface area (Å²) in [5.41, 5.74) is 2.37. The fraction of sp³-hybridized carbons (Fsp3) is 0.463. The molecule has 1 aliphatic heterocycles. The molecule has 316 valence electrons. The molecule has 0 aliphatic carbocycles. The molecule has 2 amide bonds. The molecule has 2 aromatic heterocycles. The van der Waals surface area contributed by atoms with Crippen LogP contribution in [0.15, 0.2) is 62.4 Å². The second-order valence-electron chi connectivity index (χ2n) is 14.5. The molecule has 5 rings (SSSR count). The van der Waals surface area contributed by atoms with E-state index in [1.165, 1.54) is 17.0 Å². The van der Waals surface area contributed by atoms with Gasteiger partial charge in [-0.1, -0.05) is 98.2 Å². The second kappa shape index (κ2) is 21.5. The van der Waals surface area contributed by atoms with Crippen LogP contribution in [0.4, 0.5) is 5.69 Å². The summed E-state index contributed by atoms with van der Waals surface area (Å²) < 4.78 is 27.8. The van der Waals surface area contributed by atoms with Crippen molar-refractivity contribution >= 4 is 75.5 Å². The van der Waals surface area contributed by atoms with Crippen LogP contribution in [0.2, 0.25) is 10.0 Å². The van der Waals surface area contributed by atoms with Gasteiger partial charge in [0.05, 0.1) is 46.9 Å². The maximum atomic E-state index is 12.2. The lowest BCUT2D eigenvalue weighted by atomic mass is 9.97. The van der Waals surface area contributed by atoms with E-state index in [4.69, 9.17) is 87.5 Å². The van der Waals surface area contributed by atoms with E-state index in [0.717, 1.165) is 27.9 Å². The molecule has 12 nitrogen and oxygen atoms in total. The summed E-state index contributed by atoms with van der Waals surface area (Å²) in [5, 5.41) is 4.71. The first-order valence-corrected chi connectivity index (χ1v) is 20.3. The lowest BCUT2D eigenvalue weighted by Crippen LogP contribution is -2.45. The fourth-order valence-electron chi connectivity index (χ4n) is 5.90. The third-order valence-electron chi connectivity index (χ3n) is 8.65. The summed E-state index contributed by atoms with van der Waals surface area (Å²) >= 11 is 29.1. The molecule has 17 heteroatoms. The van der Waals surface area contributed by atoms with Crippen LogP contribution in [0.3, 0.4) is 0 Å². The van der Waals surface area contributed by atoms with Gasteiger partial charge >= 0.3 is 5.76 Å². The van der Waals surface area contributed by atoms with Crippen molar-refractivity contribution in [1.29, 1.82) is 0 Å². The Balaban J connectivity index is 0.000000235. The molecular weight excluding hydrogens is 854 g/mol. The Morgan fingerprint density at radius 2 is 1.83 bits per heavy atom. The zero-order valence-electron chi connectivity index (χ0n) is 33.9. The van der Waals surface area contributed by atoms with E-state index in [1.807, 2.05) is 52.8 Å². The molecule has 4 aromatic rings. The maximum absolute atomic E-state index is 12.2. The fourth-order valence-corrected chi connectivity index (χ4v) is 6.78. The van der Waals surface area contributed by atoms with Crippen LogP contribution < -0.4 is 15.4 Å². The smallest absolute Gasteiger partial charge is 0.442 e. The first-order chi connectivity index (χ1) is 27.2. The number of furan rings is 1. The van der Waals surface area contributed by atoms with Crippen LogP contribution >= 0.6 is 58.0 Å². The highest BCUT2D eigenvalue weighted by Crippen LogP contribution is 2.37. The number of carbonyl (C=O) groups is 2. The normalized spacial score (nSPS) is 15.1. The SMILES string of the molecule is C#CCOc1cc(-n2nc(C(C)(C)C)oc2=O)c(Cl)cc1Cl.CC1(C)OC(c2ccco2)CN1C(=O)C(Cl)Cl.CCc1cccc(C)c1N(C(=O)CCl)C(C)COC. The molecule has 2 unspecified atom stereocenters. The quantitative estimate of drug-likeness (QED) is 0.107. The van der Waals surface area contributed by atoms with E-state index >= 15 is 0 Å². The van der Waals surface area contributed by atoms with Gasteiger partial charge in [-0.3, -0.25) is 9.59 Å². The van der Waals surface area contributed by atoms with E-state index in [2.05, 4.69) is 24.0 Å². The monoisotopic (exact) mass is 900 g/mol. The predicted molar refractivity (Wildman–Crippen MR) is 229 cm³/mol. The number of hydrogen-bond donors (Lipinski definition) is 0. The lowest BCUT2D eigenvalue weighted by molar-refractivity contribution is -0.144. The van der Waals surface area contributed by atoms with Gasteiger partial charge < -0.3 is 32.8 Å². The number of amides is 2. The Morgan fingerprint density at radius 3 is 2.36 bits per heavy atom. The van der Waals surface area contributed by atoms with Gasteiger partial charge in [0.15, 0.2) is 4.84 Å². The number of nitrogens with zero attached hydrogens (tertiary/aromatic N) is 4.